The summed E-state index contributed by atoms with van der Waals surface area (Å²) >= 11 is 0. The second-order valence-electron chi connectivity index (χ2n) is 14.1. The molecule has 4 saturated carbocycles. The smallest absolute Gasteiger partial charge is 0.407 e. The molecule has 45 heavy (non-hydrogen) atoms. The molecule has 7 rings (SSSR count). The number of nitrogens with one attached hydrogen (secondary N) is 1. The Kier molecular flexibility index (Phi) is 6.84. The topological polar surface area (TPSA) is 134 Å². The fraction of sp³-hybridized carbons (Fsp3) is 0.667. The summed E-state index contributed by atoms with van der Waals surface area (Å²) in [5.74, 6) is -3.14. The number of halogens is 2. The highest BCUT2D eigenvalue weighted by molar-refractivity contribution is 6.09. The molecular formula is C33H39F2N4O6-. The van der Waals surface area contributed by atoms with E-state index < -0.39 is 35.5 Å². The van der Waals surface area contributed by atoms with Gasteiger partial charge in [0, 0.05) is 36.7 Å². The average Bonchev–Trinajstić information content (AvgIpc) is 3.95. The maximum Gasteiger partial charge on any atom is 0.407 e. The van der Waals surface area contributed by atoms with E-state index in [2.05, 4.69) is 22.2 Å². The minimum atomic E-state index is -3.42. The SMILES string of the molecule is CCC1(C)CCN(C(=O)CNC(=O)OC2CC3CC3C23CC3CCCC(F)(F)c2nc3ccc(OC)cc3nc2[O-])C12CC2=O. The van der Waals surface area contributed by atoms with E-state index in [-0.39, 0.29) is 58.5 Å². The first-order valence-electron chi connectivity index (χ1n) is 16.1. The second-order valence-corrected chi connectivity index (χ2v) is 14.1. The van der Waals surface area contributed by atoms with Crippen LogP contribution in [0.3, 0.4) is 0 Å². The zero-order valence-corrected chi connectivity index (χ0v) is 25.9. The normalized spacial score (nSPS) is 34.3. The van der Waals surface area contributed by atoms with Crippen LogP contribution in [0.2, 0.25) is 0 Å². The quantitative estimate of drug-likeness (QED) is 0.409. The van der Waals surface area contributed by atoms with Crippen molar-refractivity contribution in [2.45, 2.75) is 89.2 Å². The fourth-order valence-corrected chi connectivity index (χ4v) is 9.00. The third-order valence-corrected chi connectivity index (χ3v) is 12.0. The number of hydrogen-bond donors (Lipinski definition) is 1. The van der Waals surface area contributed by atoms with Crippen LogP contribution in [-0.2, 0) is 20.2 Å². The number of likely N-dealkylation sites (tertiary alicyclic amines) is 1. The van der Waals surface area contributed by atoms with Gasteiger partial charge in [-0.2, -0.15) is 8.78 Å². The number of carbonyl (C=O) groups excluding carboxylic acids is 3. The van der Waals surface area contributed by atoms with Gasteiger partial charge < -0.3 is 24.8 Å². The van der Waals surface area contributed by atoms with Crippen LogP contribution in [0, 0.1) is 28.6 Å². The number of fused-ring (bicyclic) bond motifs is 3. The lowest BCUT2D eigenvalue weighted by Crippen LogP contribution is -2.49. The predicted molar refractivity (Wildman–Crippen MR) is 155 cm³/mol. The maximum absolute atomic E-state index is 15.2. The first kappa shape index (κ1) is 30.1. The van der Waals surface area contributed by atoms with Gasteiger partial charge in [-0.15, -0.1) is 0 Å². The van der Waals surface area contributed by atoms with Crippen LogP contribution in [0.4, 0.5) is 13.6 Å². The van der Waals surface area contributed by atoms with Gasteiger partial charge in [-0.3, -0.25) is 14.6 Å². The zero-order chi connectivity index (χ0) is 31.9. The number of methoxy groups -OCH3 is 1. The molecule has 10 nitrogen and oxygen atoms in total. The molecule has 1 saturated heterocycles. The van der Waals surface area contributed by atoms with Gasteiger partial charge in [0.2, 0.25) is 5.91 Å². The van der Waals surface area contributed by atoms with Crippen molar-refractivity contribution in [1.29, 1.82) is 0 Å². The Morgan fingerprint density at radius 3 is 2.71 bits per heavy atom. The highest BCUT2D eigenvalue weighted by atomic mass is 19.3. The number of amides is 2. The van der Waals surface area contributed by atoms with Crippen LogP contribution >= 0.6 is 0 Å². The molecule has 5 fully saturated rings. The lowest BCUT2D eigenvalue weighted by atomic mass is 9.77. The molecule has 1 aliphatic heterocycles. The third kappa shape index (κ3) is 4.64. The van der Waals surface area contributed by atoms with E-state index in [1.165, 1.54) is 19.2 Å². The first-order chi connectivity index (χ1) is 21.4. The summed E-state index contributed by atoms with van der Waals surface area (Å²) in [6.45, 7) is 4.36. The van der Waals surface area contributed by atoms with Gasteiger partial charge in [0.05, 0.1) is 18.1 Å². The molecule has 242 valence electrons. The van der Waals surface area contributed by atoms with E-state index in [4.69, 9.17) is 9.47 Å². The van der Waals surface area contributed by atoms with Crippen molar-refractivity contribution in [3.63, 3.8) is 0 Å². The van der Waals surface area contributed by atoms with E-state index >= 15 is 8.78 Å². The average molecular weight is 626 g/mol. The fourth-order valence-electron chi connectivity index (χ4n) is 9.00. The number of hydrogen-bond acceptors (Lipinski definition) is 8. The molecule has 4 aliphatic carbocycles. The third-order valence-electron chi connectivity index (χ3n) is 12.0. The van der Waals surface area contributed by atoms with Crippen molar-refractivity contribution < 1.29 is 37.7 Å². The molecule has 0 radical (unpaired) electrons. The highest BCUT2D eigenvalue weighted by Gasteiger charge is 2.75. The summed E-state index contributed by atoms with van der Waals surface area (Å²) in [6, 6.07) is 4.58. The van der Waals surface area contributed by atoms with Crippen LogP contribution in [0.15, 0.2) is 18.2 Å². The summed E-state index contributed by atoms with van der Waals surface area (Å²) in [5, 5.41) is 15.1. The maximum atomic E-state index is 15.2. The molecule has 2 aromatic rings. The van der Waals surface area contributed by atoms with Crippen LogP contribution in [0.25, 0.3) is 11.0 Å². The van der Waals surface area contributed by atoms with Gasteiger partial charge in [0.15, 0.2) is 5.78 Å². The monoisotopic (exact) mass is 625 g/mol. The molecule has 2 spiro atoms. The van der Waals surface area contributed by atoms with Crippen molar-refractivity contribution in [1.82, 2.24) is 20.2 Å². The summed E-state index contributed by atoms with van der Waals surface area (Å²) in [7, 11) is 1.46. The minimum absolute atomic E-state index is 0.0876. The summed E-state index contributed by atoms with van der Waals surface area (Å²) in [6.07, 6.45) is 3.79. The molecule has 1 aromatic carbocycles. The lowest BCUT2D eigenvalue weighted by molar-refractivity contribution is -0.279. The largest absolute Gasteiger partial charge is 0.857 e. The van der Waals surface area contributed by atoms with E-state index in [1.54, 1.807) is 11.0 Å². The molecule has 1 aromatic heterocycles. The van der Waals surface area contributed by atoms with Crippen molar-refractivity contribution in [3.8, 4) is 11.6 Å². The molecule has 2 heterocycles. The number of aromatic nitrogens is 2. The van der Waals surface area contributed by atoms with Gasteiger partial charge >= 0.3 is 6.09 Å². The molecular weight excluding hydrogens is 586 g/mol. The van der Waals surface area contributed by atoms with Crippen LogP contribution < -0.4 is 15.2 Å². The molecule has 12 heteroatoms. The Morgan fingerprint density at radius 1 is 1.22 bits per heavy atom. The van der Waals surface area contributed by atoms with Gasteiger partial charge in [-0.05, 0) is 80.2 Å². The van der Waals surface area contributed by atoms with Gasteiger partial charge in [-0.25, -0.2) is 9.78 Å². The summed E-state index contributed by atoms with van der Waals surface area (Å²) in [5.41, 5.74) is -1.60. The zero-order valence-electron chi connectivity index (χ0n) is 25.9. The first-order valence-corrected chi connectivity index (χ1v) is 16.1. The molecule has 2 amide bonds. The highest BCUT2D eigenvalue weighted by Crippen LogP contribution is 2.77. The Morgan fingerprint density at radius 2 is 2.00 bits per heavy atom. The minimum Gasteiger partial charge on any atom is -0.857 e. The standard InChI is InChI=1S/C33H40F2N4O6/c1-4-30(2)10-11-39(32(30)16-24(32)40)26(41)17-36-29(43)45-25-13-18-12-21(18)31(25)15-19(31)6-5-9-33(34,35)27-28(42)38-23-14-20(44-3)7-8-22(23)37-27/h7-8,14,18-19,21,25H,4-6,9-13,15-17H2,1-3H3,(H,36,43)(H,38,42)/p-1. The molecule has 7 atom stereocenters. The number of alkyl carbamates (subject to hydrolysis) is 1. The van der Waals surface area contributed by atoms with E-state index in [9.17, 15) is 19.5 Å². The van der Waals surface area contributed by atoms with Gasteiger partial charge in [0.1, 0.15) is 29.6 Å². The van der Waals surface area contributed by atoms with Gasteiger partial charge in [-0.1, -0.05) is 13.8 Å². The molecule has 7 unspecified atom stereocenters. The molecule has 1 N–H and O–H groups in total. The predicted octanol–water partition coefficient (Wildman–Crippen LogP) is 4.48. The van der Waals surface area contributed by atoms with Crippen LogP contribution in [0.1, 0.15) is 77.3 Å². The van der Waals surface area contributed by atoms with Crippen molar-refractivity contribution in [2.75, 3.05) is 20.2 Å². The lowest BCUT2D eigenvalue weighted by Gasteiger charge is -2.33. The number of rotatable bonds is 10. The number of alkyl halides is 2. The number of carbonyl (C=O) groups is 3. The van der Waals surface area contributed by atoms with Crippen LogP contribution in [-0.4, -0.2) is 64.5 Å². The van der Waals surface area contributed by atoms with Crippen molar-refractivity contribution in [2.24, 2.45) is 28.6 Å². The number of Topliss-reactive ketones (excluding diaryl/α,β-unsaturated/α-hetero) is 1. The van der Waals surface area contributed by atoms with Crippen molar-refractivity contribution in [3.05, 3.63) is 23.9 Å². The van der Waals surface area contributed by atoms with Crippen molar-refractivity contribution >= 4 is 28.8 Å². The summed E-state index contributed by atoms with van der Waals surface area (Å²) in [4.78, 5) is 47.7. The molecule has 5 aliphatic rings. The van der Waals surface area contributed by atoms with Crippen LogP contribution in [0.5, 0.6) is 11.6 Å². The Labute approximate surface area is 260 Å². The number of nitrogens with zero attached hydrogens (tertiary/aromatic N) is 3. The van der Waals surface area contributed by atoms with Gasteiger partial charge in [0.25, 0.3) is 5.92 Å². The molecule has 0 bridgehead atoms. The Bertz CT molecular complexity index is 1590. The Balaban J connectivity index is 0.926. The van der Waals surface area contributed by atoms with E-state index in [1.807, 2.05) is 6.92 Å². The van der Waals surface area contributed by atoms with E-state index in [0.717, 1.165) is 32.1 Å². The number of ether oxygens (including phenoxy) is 2. The number of ketones is 1. The van der Waals surface area contributed by atoms with E-state index in [0.29, 0.717) is 37.0 Å². The Hall–Kier alpha value is -3.57. The summed E-state index contributed by atoms with van der Waals surface area (Å²) < 4.78 is 41.4. The second kappa shape index (κ2) is 10.2. The number of benzene rings is 1.